The number of thioether (sulfide) groups is 1. The Hall–Kier alpha value is -1.27. The van der Waals surface area contributed by atoms with Crippen LogP contribution in [0.15, 0.2) is 23.2 Å². The van der Waals surface area contributed by atoms with Gasteiger partial charge in [-0.1, -0.05) is 30.3 Å². The highest BCUT2D eigenvalue weighted by Crippen LogP contribution is 2.29. The highest BCUT2D eigenvalue weighted by atomic mass is 35.5. The number of amidine groups is 1. The number of nitro groups is 1. The Morgan fingerprint density at radius 2 is 2.41 bits per heavy atom. The second-order valence-electron chi connectivity index (χ2n) is 3.62. The number of nitrogens with zero attached hydrogens (tertiary/aromatic N) is 2. The lowest BCUT2D eigenvalue weighted by Crippen LogP contribution is -2.06. The third kappa shape index (κ3) is 2.89. The monoisotopic (exact) mass is 271 g/mol. The fourth-order valence-corrected chi connectivity index (χ4v) is 2.40. The number of non-ortho nitro benzene ring substituents is 1. The van der Waals surface area contributed by atoms with Gasteiger partial charge in [0.15, 0.2) is 5.17 Å². The first kappa shape index (κ1) is 12.2. The molecule has 1 aromatic rings. The molecule has 2 rings (SSSR count). The van der Waals surface area contributed by atoms with Gasteiger partial charge < -0.3 is 5.32 Å². The third-order valence-electron chi connectivity index (χ3n) is 2.21. The molecule has 1 heterocycles. The molecule has 0 spiro atoms. The third-order valence-corrected chi connectivity index (χ3v) is 3.54. The minimum atomic E-state index is -0.451. The molecule has 0 aromatic heterocycles. The van der Waals surface area contributed by atoms with Crippen LogP contribution in [-0.4, -0.2) is 21.9 Å². The summed E-state index contributed by atoms with van der Waals surface area (Å²) in [6.07, 6.45) is 0. The second-order valence-corrected chi connectivity index (χ2v) is 5.45. The maximum Gasteiger partial charge on any atom is 0.271 e. The van der Waals surface area contributed by atoms with Crippen molar-refractivity contribution in [1.82, 2.24) is 0 Å². The van der Waals surface area contributed by atoms with E-state index in [4.69, 9.17) is 11.6 Å². The molecule has 1 unspecified atom stereocenters. The van der Waals surface area contributed by atoms with Crippen molar-refractivity contribution in [3.63, 3.8) is 0 Å². The molecule has 1 aliphatic heterocycles. The van der Waals surface area contributed by atoms with E-state index in [0.717, 1.165) is 11.7 Å². The first-order valence-corrected chi connectivity index (χ1v) is 6.24. The highest BCUT2D eigenvalue weighted by Gasteiger charge is 2.17. The molecule has 0 fully saturated rings. The maximum atomic E-state index is 10.7. The molecule has 1 aromatic carbocycles. The van der Waals surface area contributed by atoms with Gasteiger partial charge in [-0.25, -0.2) is 0 Å². The summed E-state index contributed by atoms with van der Waals surface area (Å²) in [5.41, 5.74) is 0.523. The molecule has 1 aliphatic rings. The van der Waals surface area contributed by atoms with E-state index < -0.39 is 4.92 Å². The van der Waals surface area contributed by atoms with Crippen molar-refractivity contribution >= 4 is 39.9 Å². The molecule has 1 atom stereocenters. The van der Waals surface area contributed by atoms with Gasteiger partial charge in [0, 0.05) is 17.4 Å². The average Bonchev–Trinajstić information content (AvgIpc) is 2.67. The van der Waals surface area contributed by atoms with Crippen molar-refractivity contribution in [1.29, 1.82) is 0 Å². The zero-order valence-corrected chi connectivity index (χ0v) is 10.6. The molecule has 0 radical (unpaired) electrons. The molecule has 0 aliphatic carbocycles. The van der Waals surface area contributed by atoms with Crippen molar-refractivity contribution in [2.75, 3.05) is 11.9 Å². The number of nitro benzene ring substituents is 1. The minimum Gasteiger partial charge on any atom is -0.334 e. The van der Waals surface area contributed by atoms with Gasteiger partial charge in [0.1, 0.15) is 0 Å². The van der Waals surface area contributed by atoms with Crippen LogP contribution in [0.1, 0.15) is 6.92 Å². The van der Waals surface area contributed by atoms with Gasteiger partial charge in [-0.3, -0.25) is 15.1 Å². The van der Waals surface area contributed by atoms with Crippen LogP contribution < -0.4 is 5.32 Å². The second kappa shape index (κ2) is 4.93. The Kier molecular flexibility index (Phi) is 3.54. The van der Waals surface area contributed by atoms with Crippen molar-refractivity contribution < 1.29 is 4.92 Å². The van der Waals surface area contributed by atoms with E-state index in [-0.39, 0.29) is 5.69 Å². The molecule has 90 valence electrons. The number of anilines is 1. The summed E-state index contributed by atoms with van der Waals surface area (Å²) in [4.78, 5) is 14.5. The van der Waals surface area contributed by atoms with Gasteiger partial charge in [-0.05, 0) is 6.07 Å². The zero-order valence-electron chi connectivity index (χ0n) is 9.01. The zero-order chi connectivity index (χ0) is 12.4. The lowest BCUT2D eigenvalue weighted by atomic mass is 10.3. The molecule has 0 amide bonds. The van der Waals surface area contributed by atoms with Crippen molar-refractivity contribution in [2.45, 2.75) is 12.2 Å². The van der Waals surface area contributed by atoms with Crippen molar-refractivity contribution in [3.8, 4) is 0 Å². The van der Waals surface area contributed by atoms with Gasteiger partial charge in [-0.2, -0.15) is 0 Å². The fourth-order valence-electron chi connectivity index (χ4n) is 1.38. The van der Waals surface area contributed by atoms with Crippen LogP contribution in [0.25, 0.3) is 0 Å². The molecule has 0 bridgehead atoms. The number of halogens is 1. The van der Waals surface area contributed by atoms with Crippen LogP contribution in [0.2, 0.25) is 5.02 Å². The number of benzene rings is 1. The largest absolute Gasteiger partial charge is 0.334 e. The number of hydrogen-bond acceptors (Lipinski definition) is 5. The van der Waals surface area contributed by atoms with Crippen LogP contribution in [0.4, 0.5) is 11.4 Å². The van der Waals surface area contributed by atoms with E-state index in [2.05, 4.69) is 17.2 Å². The summed E-state index contributed by atoms with van der Waals surface area (Å²) in [5.74, 6) is 0. The van der Waals surface area contributed by atoms with Crippen LogP contribution in [0.5, 0.6) is 0 Å². The van der Waals surface area contributed by atoms with Crippen LogP contribution in [0.3, 0.4) is 0 Å². The number of nitrogens with one attached hydrogen (secondary N) is 1. The molecular weight excluding hydrogens is 262 g/mol. The summed E-state index contributed by atoms with van der Waals surface area (Å²) in [7, 11) is 0. The lowest BCUT2D eigenvalue weighted by molar-refractivity contribution is -0.384. The van der Waals surface area contributed by atoms with Crippen LogP contribution in [0, 0.1) is 10.1 Å². The molecule has 5 nitrogen and oxygen atoms in total. The van der Waals surface area contributed by atoms with E-state index in [1.54, 1.807) is 11.8 Å². The Labute approximate surface area is 107 Å². The Balaban J connectivity index is 2.20. The van der Waals surface area contributed by atoms with Crippen LogP contribution in [-0.2, 0) is 0 Å². The lowest BCUT2D eigenvalue weighted by Gasteiger charge is -2.07. The summed E-state index contributed by atoms with van der Waals surface area (Å²) < 4.78 is 0. The molecule has 7 heteroatoms. The Bertz CT molecular complexity index is 492. The summed E-state index contributed by atoms with van der Waals surface area (Å²) in [6.45, 7) is 2.82. The quantitative estimate of drug-likeness (QED) is 0.663. The minimum absolute atomic E-state index is 0.00791. The van der Waals surface area contributed by atoms with E-state index in [1.165, 1.54) is 18.2 Å². The Morgan fingerprint density at radius 3 is 3.00 bits per heavy atom. The number of aliphatic imine (C=N–C) groups is 1. The Morgan fingerprint density at radius 1 is 1.65 bits per heavy atom. The standard InChI is InChI=1S/C10H10ClN3O2S/c1-6-5-12-10(17-6)13-9-4-7(14(15)16)2-3-8(9)11/h2-4,6H,5H2,1H3,(H,12,13). The molecule has 0 saturated carbocycles. The smallest absolute Gasteiger partial charge is 0.271 e. The molecule has 1 N–H and O–H groups in total. The number of rotatable bonds is 2. The first-order valence-electron chi connectivity index (χ1n) is 4.98. The fraction of sp³-hybridized carbons (Fsp3) is 0.300. The van der Waals surface area contributed by atoms with Gasteiger partial charge >= 0.3 is 0 Å². The van der Waals surface area contributed by atoms with Crippen molar-refractivity contribution in [2.24, 2.45) is 4.99 Å². The van der Waals surface area contributed by atoms with E-state index in [9.17, 15) is 10.1 Å². The summed E-state index contributed by atoms with van der Waals surface area (Å²) >= 11 is 7.56. The molecule has 17 heavy (non-hydrogen) atoms. The predicted molar refractivity (Wildman–Crippen MR) is 71.1 cm³/mol. The van der Waals surface area contributed by atoms with Crippen molar-refractivity contribution in [3.05, 3.63) is 33.3 Å². The molecular formula is C10H10ClN3O2S. The first-order chi connectivity index (χ1) is 8.06. The van der Waals surface area contributed by atoms with Gasteiger partial charge in [-0.15, -0.1) is 0 Å². The van der Waals surface area contributed by atoms with Gasteiger partial charge in [0.25, 0.3) is 5.69 Å². The van der Waals surface area contributed by atoms with Crippen LogP contribution >= 0.6 is 23.4 Å². The number of hydrogen-bond donors (Lipinski definition) is 1. The molecule has 0 saturated heterocycles. The summed E-state index contributed by atoms with van der Waals surface area (Å²) in [6, 6.07) is 4.29. The highest BCUT2D eigenvalue weighted by molar-refractivity contribution is 8.15. The van der Waals surface area contributed by atoms with E-state index >= 15 is 0 Å². The maximum absolute atomic E-state index is 10.7. The predicted octanol–water partition coefficient (Wildman–Crippen LogP) is 3.15. The van der Waals surface area contributed by atoms with Gasteiger partial charge in [0.2, 0.25) is 0 Å². The van der Waals surface area contributed by atoms with E-state index in [0.29, 0.717) is 16.0 Å². The van der Waals surface area contributed by atoms with E-state index in [1.807, 2.05) is 0 Å². The van der Waals surface area contributed by atoms with Gasteiger partial charge in [0.05, 0.1) is 22.2 Å². The summed E-state index contributed by atoms with van der Waals surface area (Å²) in [5, 5.41) is 15.3. The SMILES string of the molecule is CC1CN=C(Nc2cc([N+](=O)[O-])ccc2Cl)S1. The average molecular weight is 272 g/mol. The normalized spacial score (nSPS) is 18.9. The topological polar surface area (TPSA) is 67.5 Å².